The van der Waals surface area contributed by atoms with Crippen molar-refractivity contribution in [2.24, 2.45) is 0 Å². The Bertz CT molecular complexity index is 605. The molecule has 0 saturated carbocycles. The van der Waals surface area contributed by atoms with Gasteiger partial charge in [0.25, 0.3) is 5.91 Å². The molecule has 5 heteroatoms. The Morgan fingerprint density at radius 3 is 2.67 bits per heavy atom. The Hall–Kier alpha value is -2.30. The molecule has 1 amide bonds. The van der Waals surface area contributed by atoms with Gasteiger partial charge in [0.2, 0.25) is 0 Å². The maximum absolute atomic E-state index is 13.5. The minimum atomic E-state index is -0.532. The Labute approximate surface area is 104 Å². The van der Waals surface area contributed by atoms with Crippen LogP contribution in [0.5, 0.6) is 0 Å². The highest BCUT2D eigenvalue weighted by Crippen LogP contribution is 2.20. The van der Waals surface area contributed by atoms with Crippen molar-refractivity contribution < 1.29 is 13.6 Å². The van der Waals surface area contributed by atoms with E-state index in [1.165, 1.54) is 18.2 Å². The number of hydrogen-bond acceptors (Lipinski definition) is 3. The Morgan fingerprint density at radius 1 is 1.33 bits per heavy atom. The van der Waals surface area contributed by atoms with Crippen LogP contribution in [0.1, 0.15) is 21.9 Å². The molecular formula is C13H13FN2O2. The lowest BCUT2D eigenvalue weighted by Gasteiger charge is -2.06. The van der Waals surface area contributed by atoms with E-state index in [1.807, 2.05) is 0 Å². The number of nitrogen functional groups attached to an aromatic ring is 1. The Kier molecular flexibility index (Phi) is 3.06. The second-order valence-corrected chi connectivity index (χ2v) is 4.02. The van der Waals surface area contributed by atoms with Crippen LogP contribution in [0.2, 0.25) is 0 Å². The number of benzene rings is 1. The van der Waals surface area contributed by atoms with E-state index in [-0.39, 0.29) is 5.69 Å². The standard InChI is InChI=1S/C13H13FN2O2/c1-7-5-10(8(2)18-7)13(17)16-12-6-9(15)3-4-11(12)14/h3-6H,15H2,1-2H3,(H,16,17). The highest BCUT2D eigenvalue weighted by molar-refractivity contribution is 6.05. The zero-order chi connectivity index (χ0) is 13.3. The summed E-state index contributed by atoms with van der Waals surface area (Å²) >= 11 is 0. The van der Waals surface area contributed by atoms with Crippen LogP contribution >= 0.6 is 0 Å². The second-order valence-electron chi connectivity index (χ2n) is 4.02. The molecule has 3 N–H and O–H groups in total. The van der Waals surface area contributed by atoms with Crippen molar-refractivity contribution in [1.82, 2.24) is 0 Å². The summed E-state index contributed by atoms with van der Waals surface area (Å²) in [7, 11) is 0. The van der Waals surface area contributed by atoms with E-state index in [9.17, 15) is 9.18 Å². The summed E-state index contributed by atoms with van der Waals surface area (Å²) < 4.78 is 18.7. The van der Waals surface area contributed by atoms with E-state index >= 15 is 0 Å². The highest BCUT2D eigenvalue weighted by atomic mass is 19.1. The average molecular weight is 248 g/mol. The maximum Gasteiger partial charge on any atom is 0.259 e. The first-order chi connectivity index (χ1) is 8.47. The molecule has 2 rings (SSSR count). The van der Waals surface area contributed by atoms with Crippen LogP contribution in [0.15, 0.2) is 28.7 Å². The fraction of sp³-hybridized carbons (Fsp3) is 0.154. The first-order valence-electron chi connectivity index (χ1n) is 5.41. The third-order valence-electron chi connectivity index (χ3n) is 2.52. The van der Waals surface area contributed by atoms with Gasteiger partial charge in [-0.15, -0.1) is 0 Å². The Morgan fingerprint density at radius 2 is 2.06 bits per heavy atom. The number of rotatable bonds is 2. The maximum atomic E-state index is 13.5. The van der Waals surface area contributed by atoms with Gasteiger partial charge in [0, 0.05) is 5.69 Å². The van der Waals surface area contributed by atoms with Crippen LogP contribution < -0.4 is 11.1 Å². The molecule has 0 unspecified atom stereocenters. The van der Waals surface area contributed by atoms with Gasteiger partial charge in [-0.1, -0.05) is 0 Å². The van der Waals surface area contributed by atoms with Crippen molar-refractivity contribution in [3.63, 3.8) is 0 Å². The molecule has 18 heavy (non-hydrogen) atoms. The number of anilines is 2. The fourth-order valence-electron chi connectivity index (χ4n) is 1.68. The molecule has 0 radical (unpaired) electrons. The molecule has 0 fully saturated rings. The molecule has 0 aliphatic rings. The number of halogens is 1. The zero-order valence-electron chi connectivity index (χ0n) is 10.1. The molecule has 0 atom stereocenters. The third-order valence-corrected chi connectivity index (χ3v) is 2.52. The molecule has 0 saturated heterocycles. The Balaban J connectivity index is 2.26. The van der Waals surface area contributed by atoms with Crippen LogP contribution in [0.4, 0.5) is 15.8 Å². The van der Waals surface area contributed by atoms with E-state index in [0.717, 1.165) is 0 Å². The normalized spacial score (nSPS) is 10.4. The smallest absolute Gasteiger partial charge is 0.259 e. The van der Waals surface area contributed by atoms with Gasteiger partial charge in [0.1, 0.15) is 17.3 Å². The molecule has 1 aromatic carbocycles. The van der Waals surface area contributed by atoms with Crippen molar-refractivity contribution in [2.45, 2.75) is 13.8 Å². The van der Waals surface area contributed by atoms with Crippen LogP contribution in [0, 0.1) is 19.7 Å². The summed E-state index contributed by atoms with van der Waals surface area (Å²) in [6.45, 7) is 3.42. The van der Waals surface area contributed by atoms with Crippen LogP contribution in [0.3, 0.4) is 0 Å². The summed E-state index contributed by atoms with van der Waals surface area (Å²) in [4.78, 5) is 11.9. The molecular weight excluding hydrogens is 235 g/mol. The summed E-state index contributed by atoms with van der Waals surface area (Å²) in [5.74, 6) is 0.171. The summed E-state index contributed by atoms with van der Waals surface area (Å²) in [5.41, 5.74) is 6.36. The lowest BCUT2D eigenvalue weighted by atomic mass is 10.2. The quantitative estimate of drug-likeness (QED) is 0.803. The fourth-order valence-corrected chi connectivity index (χ4v) is 1.68. The lowest BCUT2D eigenvalue weighted by Crippen LogP contribution is -2.13. The van der Waals surface area contributed by atoms with E-state index < -0.39 is 11.7 Å². The third kappa shape index (κ3) is 2.34. The van der Waals surface area contributed by atoms with E-state index in [2.05, 4.69) is 5.32 Å². The first kappa shape index (κ1) is 12.2. The highest BCUT2D eigenvalue weighted by Gasteiger charge is 2.15. The molecule has 4 nitrogen and oxygen atoms in total. The van der Waals surface area contributed by atoms with Gasteiger partial charge >= 0.3 is 0 Å². The number of aryl methyl sites for hydroxylation is 2. The monoisotopic (exact) mass is 248 g/mol. The number of nitrogens with one attached hydrogen (secondary N) is 1. The number of hydrogen-bond donors (Lipinski definition) is 2. The van der Waals surface area contributed by atoms with Crippen molar-refractivity contribution in [1.29, 1.82) is 0 Å². The van der Waals surface area contributed by atoms with Crippen molar-refractivity contribution in [3.8, 4) is 0 Å². The van der Waals surface area contributed by atoms with Gasteiger partial charge in [-0.25, -0.2) is 4.39 Å². The van der Waals surface area contributed by atoms with Crippen molar-refractivity contribution in [3.05, 3.63) is 47.2 Å². The molecule has 0 bridgehead atoms. The predicted molar refractivity (Wildman–Crippen MR) is 66.9 cm³/mol. The van der Waals surface area contributed by atoms with Gasteiger partial charge in [-0.2, -0.15) is 0 Å². The zero-order valence-corrected chi connectivity index (χ0v) is 10.1. The topological polar surface area (TPSA) is 68.3 Å². The minimum absolute atomic E-state index is 0.0539. The predicted octanol–water partition coefficient (Wildman–Crippen LogP) is 2.87. The van der Waals surface area contributed by atoms with Gasteiger partial charge in [0.05, 0.1) is 11.3 Å². The minimum Gasteiger partial charge on any atom is -0.466 e. The summed E-state index contributed by atoms with van der Waals surface area (Å²) in [6, 6.07) is 5.61. The number of carbonyl (C=O) groups is 1. The van der Waals surface area contributed by atoms with E-state index in [1.54, 1.807) is 19.9 Å². The van der Waals surface area contributed by atoms with Crippen LogP contribution in [0.25, 0.3) is 0 Å². The number of furan rings is 1. The SMILES string of the molecule is Cc1cc(C(=O)Nc2cc(N)ccc2F)c(C)o1. The summed E-state index contributed by atoms with van der Waals surface area (Å²) in [5, 5.41) is 2.47. The van der Waals surface area contributed by atoms with Gasteiger partial charge in [0.15, 0.2) is 0 Å². The molecule has 2 aromatic rings. The largest absolute Gasteiger partial charge is 0.466 e. The number of carbonyl (C=O) groups excluding carboxylic acids is 1. The van der Waals surface area contributed by atoms with Gasteiger partial charge in [-0.05, 0) is 38.1 Å². The van der Waals surface area contributed by atoms with Crippen molar-refractivity contribution >= 4 is 17.3 Å². The van der Waals surface area contributed by atoms with Crippen molar-refractivity contribution in [2.75, 3.05) is 11.1 Å². The molecule has 0 spiro atoms. The molecule has 0 aliphatic carbocycles. The first-order valence-corrected chi connectivity index (χ1v) is 5.41. The molecule has 1 heterocycles. The van der Waals surface area contributed by atoms with Gasteiger partial charge < -0.3 is 15.5 Å². The molecule has 94 valence electrons. The van der Waals surface area contributed by atoms with Gasteiger partial charge in [-0.3, -0.25) is 4.79 Å². The molecule has 1 aromatic heterocycles. The van der Waals surface area contributed by atoms with E-state index in [0.29, 0.717) is 22.8 Å². The summed E-state index contributed by atoms with van der Waals surface area (Å²) in [6.07, 6.45) is 0. The number of nitrogens with two attached hydrogens (primary N) is 1. The lowest BCUT2D eigenvalue weighted by molar-refractivity contribution is 0.102. The van der Waals surface area contributed by atoms with Crippen LogP contribution in [-0.4, -0.2) is 5.91 Å². The van der Waals surface area contributed by atoms with E-state index in [4.69, 9.17) is 10.2 Å². The van der Waals surface area contributed by atoms with Crippen LogP contribution in [-0.2, 0) is 0 Å². The average Bonchev–Trinajstić information content (AvgIpc) is 2.63. The number of amides is 1. The molecule has 0 aliphatic heterocycles. The second kappa shape index (κ2) is 4.52.